The van der Waals surface area contributed by atoms with Crippen molar-refractivity contribution in [2.24, 2.45) is 0 Å². The van der Waals surface area contributed by atoms with E-state index in [4.69, 9.17) is 4.42 Å². The second-order valence-corrected chi connectivity index (χ2v) is 6.21. The zero-order chi connectivity index (χ0) is 16.8. The molecule has 0 radical (unpaired) electrons. The van der Waals surface area contributed by atoms with Crippen molar-refractivity contribution in [1.29, 1.82) is 0 Å². The van der Waals surface area contributed by atoms with Gasteiger partial charge in [0.05, 0.1) is 36.9 Å². The predicted octanol–water partition coefficient (Wildman–Crippen LogP) is 4.23. The van der Waals surface area contributed by atoms with E-state index in [0.717, 1.165) is 27.9 Å². The number of nitrogens with one attached hydrogen (secondary N) is 1. The Morgan fingerprint density at radius 3 is 3.08 bits per heavy atom. The van der Waals surface area contributed by atoms with Crippen molar-refractivity contribution >= 4 is 22.6 Å². The first-order chi connectivity index (χ1) is 12.3. The number of aromatic nitrogens is 2. The topological polar surface area (TPSA) is 60.1 Å². The van der Waals surface area contributed by atoms with E-state index in [0.29, 0.717) is 6.42 Å². The lowest BCUT2D eigenvalue weighted by Gasteiger charge is -2.14. The van der Waals surface area contributed by atoms with Gasteiger partial charge in [0.1, 0.15) is 5.58 Å². The molecule has 3 heterocycles. The molecule has 0 fully saturated rings. The number of anilines is 1. The molecule has 1 aliphatic rings. The Labute approximate surface area is 143 Å². The second kappa shape index (κ2) is 5.34. The van der Waals surface area contributed by atoms with E-state index >= 15 is 0 Å². The quantitative estimate of drug-likeness (QED) is 0.612. The van der Waals surface area contributed by atoms with Gasteiger partial charge in [0, 0.05) is 16.6 Å². The molecule has 5 heteroatoms. The van der Waals surface area contributed by atoms with Gasteiger partial charge in [-0.1, -0.05) is 24.3 Å². The van der Waals surface area contributed by atoms with Gasteiger partial charge in [-0.05, 0) is 29.8 Å². The molecular formula is C20H15N3O2. The minimum Gasteiger partial charge on any atom is -0.464 e. The average Bonchev–Trinajstić information content (AvgIpc) is 3.32. The number of fused-ring (bicyclic) bond motifs is 4. The summed E-state index contributed by atoms with van der Waals surface area (Å²) in [6, 6.07) is 15.7. The summed E-state index contributed by atoms with van der Waals surface area (Å²) in [5.41, 5.74) is 4.97. The van der Waals surface area contributed by atoms with Crippen LogP contribution in [0.15, 0.2) is 71.7 Å². The highest BCUT2D eigenvalue weighted by Crippen LogP contribution is 2.40. The smallest absolute Gasteiger partial charge is 0.226 e. The average molecular weight is 329 g/mol. The summed E-state index contributed by atoms with van der Waals surface area (Å²) in [6.07, 6.45) is 5.66. The highest BCUT2D eigenvalue weighted by molar-refractivity contribution is 5.94. The molecule has 0 spiro atoms. The minimum absolute atomic E-state index is 0.0219. The van der Waals surface area contributed by atoms with Crippen LogP contribution in [0.5, 0.6) is 0 Å². The Kier molecular flexibility index (Phi) is 3.00. The first-order valence-electron chi connectivity index (χ1n) is 8.18. The van der Waals surface area contributed by atoms with Crippen molar-refractivity contribution in [3.05, 3.63) is 72.9 Å². The van der Waals surface area contributed by atoms with Crippen molar-refractivity contribution in [3.8, 4) is 11.3 Å². The van der Waals surface area contributed by atoms with Crippen LogP contribution in [0, 0.1) is 0 Å². The molecule has 2 aromatic carbocycles. The highest BCUT2D eigenvalue weighted by atomic mass is 16.3. The third kappa shape index (κ3) is 2.24. The molecule has 5 rings (SSSR count). The van der Waals surface area contributed by atoms with Crippen LogP contribution < -0.4 is 5.32 Å². The molecule has 0 bridgehead atoms. The van der Waals surface area contributed by atoms with Crippen molar-refractivity contribution < 1.29 is 9.21 Å². The number of furan rings is 1. The predicted molar refractivity (Wildman–Crippen MR) is 95.3 cm³/mol. The molecule has 122 valence electrons. The number of imidazole rings is 1. The number of amides is 1. The van der Waals surface area contributed by atoms with E-state index in [1.165, 1.54) is 5.56 Å². The standard InChI is InChI=1S/C20H15N3O2/c24-20(22-14-5-6-19-13(9-14)7-8-25-19)10-17-15-3-1-2-4-16(15)18-11-21-12-23(17)18/h1-9,11-12,17H,10H2,(H,22,24). The molecule has 1 atom stereocenters. The number of nitrogens with zero attached hydrogens (tertiary/aromatic N) is 2. The molecule has 1 amide bonds. The van der Waals surface area contributed by atoms with Crippen LogP contribution in [0.4, 0.5) is 5.69 Å². The van der Waals surface area contributed by atoms with Crippen molar-refractivity contribution in [3.63, 3.8) is 0 Å². The normalized spacial score (nSPS) is 15.1. The second-order valence-electron chi connectivity index (χ2n) is 6.21. The maximum absolute atomic E-state index is 12.6. The zero-order valence-corrected chi connectivity index (χ0v) is 13.3. The Balaban J connectivity index is 1.41. The summed E-state index contributed by atoms with van der Waals surface area (Å²) in [5, 5.41) is 3.96. The van der Waals surface area contributed by atoms with Crippen LogP contribution in [0.25, 0.3) is 22.2 Å². The monoisotopic (exact) mass is 329 g/mol. The van der Waals surface area contributed by atoms with Crippen LogP contribution in [0.1, 0.15) is 18.0 Å². The molecule has 1 unspecified atom stereocenters. The van der Waals surface area contributed by atoms with Gasteiger partial charge < -0.3 is 14.3 Å². The molecule has 2 aromatic heterocycles. The van der Waals surface area contributed by atoms with Crippen molar-refractivity contribution in [2.75, 3.05) is 5.32 Å². The molecule has 1 N–H and O–H groups in total. The summed E-state index contributed by atoms with van der Waals surface area (Å²) >= 11 is 0. The maximum atomic E-state index is 12.6. The Morgan fingerprint density at radius 1 is 1.20 bits per heavy atom. The van der Waals surface area contributed by atoms with Crippen LogP contribution in [0.3, 0.4) is 0 Å². The van der Waals surface area contributed by atoms with Crippen LogP contribution in [-0.2, 0) is 4.79 Å². The van der Waals surface area contributed by atoms with Gasteiger partial charge in [-0.25, -0.2) is 4.98 Å². The van der Waals surface area contributed by atoms with Crippen molar-refractivity contribution in [2.45, 2.75) is 12.5 Å². The summed E-state index contributed by atoms with van der Waals surface area (Å²) < 4.78 is 7.40. The lowest BCUT2D eigenvalue weighted by molar-refractivity contribution is -0.116. The van der Waals surface area contributed by atoms with Gasteiger partial charge in [-0.2, -0.15) is 0 Å². The van der Waals surface area contributed by atoms with E-state index in [1.54, 1.807) is 12.6 Å². The van der Waals surface area contributed by atoms with Gasteiger partial charge in [0.2, 0.25) is 5.91 Å². The zero-order valence-electron chi connectivity index (χ0n) is 13.3. The van der Waals surface area contributed by atoms with Gasteiger partial charge in [0.25, 0.3) is 0 Å². The molecule has 25 heavy (non-hydrogen) atoms. The SMILES string of the molecule is O=C(CC1c2ccccc2-c2cncn21)Nc1ccc2occc2c1. The molecular weight excluding hydrogens is 314 g/mol. The molecule has 0 saturated carbocycles. The van der Waals surface area contributed by atoms with E-state index in [2.05, 4.69) is 27.0 Å². The Bertz CT molecular complexity index is 1090. The summed E-state index contributed by atoms with van der Waals surface area (Å²) in [5.74, 6) is -0.0239. The van der Waals surface area contributed by atoms with Gasteiger partial charge in [0.15, 0.2) is 0 Å². The third-order valence-electron chi connectivity index (χ3n) is 4.71. The fourth-order valence-electron chi connectivity index (χ4n) is 3.57. The Morgan fingerprint density at radius 2 is 2.12 bits per heavy atom. The lowest BCUT2D eigenvalue weighted by atomic mass is 10.0. The molecule has 0 aliphatic carbocycles. The van der Waals surface area contributed by atoms with Gasteiger partial charge >= 0.3 is 0 Å². The van der Waals surface area contributed by atoms with Crippen LogP contribution in [0.2, 0.25) is 0 Å². The van der Waals surface area contributed by atoms with Crippen LogP contribution in [-0.4, -0.2) is 15.5 Å². The number of carbonyl (C=O) groups excluding carboxylic acids is 1. The van der Waals surface area contributed by atoms with E-state index in [-0.39, 0.29) is 11.9 Å². The van der Waals surface area contributed by atoms with E-state index in [9.17, 15) is 4.79 Å². The molecule has 1 aliphatic heterocycles. The number of benzene rings is 2. The molecule has 4 aromatic rings. The first-order valence-corrected chi connectivity index (χ1v) is 8.18. The number of rotatable bonds is 3. The largest absolute Gasteiger partial charge is 0.464 e. The minimum atomic E-state index is -0.0239. The molecule has 0 saturated heterocycles. The van der Waals surface area contributed by atoms with Crippen molar-refractivity contribution in [1.82, 2.24) is 9.55 Å². The summed E-state index contributed by atoms with van der Waals surface area (Å²) in [4.78, 5) is 16.8. The third-order valence-corrected chi connectivity index (χ3v) is 4.71. The van der Waals surface area contributed by atoms with Crippen LogP contribution >= 0.6 is 0 Å². The van der Waals surface area contributed by atoms with Gasteiger partial charge in [-0.15, -0.1) is 0 Å². The van der Waals surface area contributed by atoms with E-state index in [1.807, 2.05) is 42.6 Å². The van der Waals surface area contributed by atoms with E-state index < -0.39 is 0 Å². The lowest BCUT2D eigenvalue weighted by Crippen LogP contribution is -2.18. The summed E-state index contributed by atoms with van der Waals surface area (Å²) in [6.45, 7) is 0. The fraction of sp³-hybridized carbons (Fsp3) is 0.100. The number of hydrogen-bond acceptors (Lipinski definition) is 3. The van der Waals surface area contributed by atoms with Gasteiger partial charge in [-0.3, -0.25) is 4.79 Å². The highest BCUT2D eigenvalue weighted by Gasteiger charge is 2.29. The first kappa shape index (κ1) is 14.0. The maximum Gasteiger partial charge on any atom is 0.226 e. The number of carbonyl (C=O) groups is 1. The Hall–Kier alpha value is -3.34. The fourth-order valence-corrected chi connectivity index (χ4v) is 3.57. The molecule has 5 nitrogen and oxygen atoms in total. The number of hydrogen-bond donors (Lipinski definition) is 1. The summed E-state index contributed by atoms with van der Waals surface area (Å²) in [7, 11) is 0.